The second-order valence-corrected chi connectivity index (χ2v) is 6.75. The summed E-state index contributed by atoms with van der Waals surface area (Å²) in [4.78, 5) is 25.2. The first-order valence-corrected chi connectivity index (χ1v) is 10.3. The number of ether oxygens (including phenoxy) is 4. The summed E-state index contributed by atoms with van der Waals surface area (Å²) in [7, 11) is 2.93. The first kappa shape index (κ1) is 24.9. The van der Waals surface area contributed by atoms with Gasteiger partial charge in [-0.1, -0.05) is 17.7 Å². The molecule has 0 aliphatic rings. The maximum Gasteiger partial charge on any atom is 0.258 e. The zero-order valence-electron chi connectivity index (χ0n) is 18.6. The molecule has 2 aromatic rings. The molecule has 2 aromatic carbocycles. The number of carbonyl (C=O) groups excluding carboxylic acids is 2. The second kappa shape index (κ2) is 11.9. The van der Waals surface area contributed by atoms with Crippen LogP contribution in [-0.2, 0) is 9.59 Å². The van der Waals surface area contributed by atoms with Gasteiger partial charge >= 0.3 is 0 Å². The van der Waals surface area contributed by atoms with Crippen molar-refractivity contribution >= 4 is 34.7 Å². The highest BCUT2D eigenvalue weighted by molar-refractivity contribution is 6.34. The van der Waals surface area contributed by atoms with Crippen molar-refractivity contribution < 1.29 is 28.5 Å². The molecule has 1 N–H and O–H groups in total. The summed E-state index contributed by atoms with van der Waals surface area (Å²) in [5, 5.41) is 10.9. The molecule has 0 radical (unpaired) electrons. The van der Waals surface area contributed by atoms with Crippen LogP contribution in [0.25, 0.3) is 0 Å². The van der Waals surface area contributed by atoms with Crippen LogP contribution < -0.4 is 24.3 Å². The number of halogens is 1. The van der Waals surface area contributed by atoms with E-state index in [4.69, 9.17) is 30.5 Å². The maximum absolute atomic E-state index is 13.0. The molecular formula is C22H26ClN3O6. The Morgan fingerprint density at radius 2 is 1.62 bits per heavy atom. The SMILES string of the molecule is CCOc1ccc(Cl)c(NC(=O)C(N=Nc2c(OC)cccc2OC)C(C)=O)c1OCC. The summed E-state index contributed by atoms with van der Waals surface area (Å²) in [6.07, 6.45) is 0. The Balaban J connectivity index is 2.40. The molecule has 1 amide bonds. The van der Waals surface area contributed by atoms with Gasteiger partial charge in [-0.3, -0.25) is 9.59 Å². The molecule has 2 rings (SSSR count). The number of azo groups is 1. The van der Waals surface area contributed by atoms with E-state index in [0.717, 1.165) is 0 Å². The van der Waals surface area contributed by atoms with Crippen LogP contribution in [0.1, 0.15) is 20.8 Å². The van der Waals surface area contributed by atoms with Crippen LogP contribution in [0.4, 0.5) is 11.4 Å². The average Bonchev–Trinajstić information content (AvgIpc) is 2.77. The lowest BCUT2D eigenvalue weighted by Crippen LogP contribution is -2.32. The van der Waals surface area contributed by atoms with E-state index in [9.17, 15) is 9.59 Å². The first-order chi connectivity index (χ1) is 15.4. The lowest BCUT2D eigenvalue weighted by Gasteiger charge is -2.18. The summed E-state index contributed by atoms with van der Waals surface area (Å²) in [6, 6.07) is 6.80. The highest BCUT2D eigenvalue weighted by Gasteiger charge is 2.27. The Labute approximate surface area is 191 Å². The van der Waals surface area contributed by atoms with E-state index in [1.807, 2.05) is 6.92 Å². The fourth-order valence-corrected chi connectivity index (χ4v) is 2.96. The molecule has 0 aromatic heterocycles. The number of benzene rings is 2. The van der Waals surface area contributed by atoms with Gasteiger partial charge in [-0.25, -0.2) is 0 Å². The predicted molar refractivity (Wildman–Crippen MR) is 121 cm³/mol. The van der Waals surface area contributed by atoms with Gasteiger partial charge in [0.2, 0.25) is 6.04 Å². The molecule has 0 bridgehead atoms. The number of amides is 1. The number of methoxy groups -OCH3 is 2. The van der Waals surface area contributed by atoms with Crippen LogP contribution in [0.3, 0.4) is 0 Å². The largest absolute Gasteiger partial charge is 0.494 e. The third-order valence-corrected chi connectivity index (χ3v) is 4.53. The second-order valence-electron chi connectivity index (χ2n) is 6.34. The van der Waals surface area contributed by atoms with Gasteiger partial charge in [-0.15, -0.1) is 5.11 Å². The van der Waals surface area contributed by atoms with Crippen molar-refractivity contribution in [1.29, 1.82) is 0 Å². The third-order valence-electron chi connectivity index (χ3n) is 4.22. The molecule has 0 spiro atoms. The fraction of sp³-hybridized carbons (Fsp3) is 0.364. The van der Waals surface area contributed by atoms with Crippen molar-refractivity contribution in [1.82, 2.24) is 0 Å². The highest BCUT2D eigenvalue weighted by Crippen LogP contribution is 2.41. The van der Waals surface area contributed by atoms with Crippen LogP contribution in [0.15, 0.2) is 40.6 Å². The Hall–Kier alpha value is -3.33. The Bertz CT molecular complexity index is 974. The Morgan fingerprint density at radius 1 is 1.00 bits per heavy atom. The van der Waals surface area contributed by atoms with E-state index in [2.05, 4.69) is 15.5 Å². The van der Waals surface area contributed by atoms with E-state index < -0.39 is 17.7 Å². The van der Waals surface area contributed by atoms with Crippen molar-refractivity contribution in [3.63, 3.8) is 0 Å². The lowest BCUT2D eigenvalue weighted by atomic mass is 10.2. The Morgan fingerprint density at radius 3 is 2.16 bits per heavy atom. The van der Waals surface area contributed by atoms with Crippen LogP contribution in [0.2, 0.25) is 5.02 Å². The first-order valence-electron chi connectivity index (χ1n) is 9.89. The number of nitrogens with one attached hydrogen (secondary N) is 1. The zero-order chi connectivity index (χ0) is 23.7. The molecule has 0 fully saturated rings. The molecule has 0 saturated carbocycles. The molecule has 0 aliphatic heterocycles. The van der Waals surface area contributed by atoms with Gasteiger partial charge in [0.15, 0.2) is 23.0 Å². The molecule has 0 heterocycles. The van der Waals surface area contributed by atoms with Gasteiger partial charge in [-0.2, -0.15) is 5.11 Å². The number of nitrogens with zero attached hydrogens (tertiary/aromatic N) is 2. The minimum absolute atomic E-state index is 0.181. The number of ketones is 1. The van der Waals surface area contributed by atoms with Crippen LogP contribution >= 0.6 is 11.6 Å². The maximum atomic E-state index is 13.0. The van der Waals surface area contributed by atoms with Gasteiger partial charge < -0.3 is 24.3 Å². The minimum Gasteiger partial charge on any atom is -0.494 e. The van der Waals surface area contributed by atoms with Gasteiger partial charge in [-0.05, 0) is 45.0 Å². The average molecular weight is 464 g/mol. The Kier molecular flexibility index (Phi) is 9.27. The standard InChI is InChI=1S/C22H26ClN3O6/c1-6-31-17-12-11-14(23)19(21(17)32-7-2)24-22(28)18(13(3)27)25-26-20-15(29-4)9-8-10-16(20)30-5/h8-12,18H,6-7H2,1-5H3,(H,24,28). The topological polar surface area (TPSA) is 108 Å². The van der Waals surface area contributed by atoms with Crippen LogP contribution in [0, 0.1) is 0 Å². The molecule has 172 valence electrons. The zero-order valence-corrected chi connectivity index (χ0v) is 19.4. The number of hydrogen-bond donors (Lipinski definition) is 1. The number of anilines is 1. The molecular weight excluding hydrogens is 438 g/mol. The molecule has 0 saturated heterocycles. The van der Waals surface area contributed by atoms with E-state index in [-0.39, 0.29) is 22.1 Å². The van der Waals surface area contributed by atoms with Crippen molar-refractivity contribution in [2.24, 2.45) is 10.2 Å². The number of Topliss-reactive ketones (excluding diaryl/α,β-unsaturated/α-hetero) is 1. The van der Waals surface area contributed by atoms with Crippen LogP contribution in [0.5, 0.6) is 23.0 Å². The molecule has 32 heavy (non-hydrogen) atoms. The molecule has 0 aliphatic carbocycles. The highest BCUT2D eigenvalue weighted by atomic mass is 35.5. The predicted octanol–water partition coefficient (Wildman–Crippen LogP) is 4.83. The molecule has 1 unspecified atom stereocenters. The smallest absolute Gasteiger partial charge is 0.258 e. The molecule has 1 atom stereocenters. The summed E-state index contributed by atoms with van der Waals surface area (Å²) < 4.78 is 21.7. The molecule has 9 nitrogen and oxygen atoms in total. The van der Waals surface area contributed by atoms with E-state index in [0.29, 0.717) is 30.5 Å². The lowest BCUT2D eigenvalue weighted by molar-refractivity contribution is -0.126. The van der Waals surface area contributed by atoms with Gasteiger partial charge in [0.25, 0.3) is 5.91 Å². The van der Waals surface area contributed by atoms with Crippen molar-refractivity contribution in [2.45, 2.75) is 26.8 Å². The summed E-state index contributed by atoms with van der Waals surface area (Å²) in [5.74, 6) is 0.181. The third kappa shape index (κ3) is 5.88. The number of hydrogen-bond acceptors (Lipinski definition) is 8. The van der Waals surface area contributed by atoms with Crippen LogP contribution in [-0.4, -0.2) is 45.2 Å². The minimum atomic E-state index is -1.44. The van der Waals surface area contributed by atoms with E-state index in [1.54, 1.807) is 37.3 Å². The monoisotopic (exact) mass is 463 g/mol. The summed E-state index contributed by atoms with van der Waals surface area (Å²) >= 11 is 6.30. The normalized spacial score (nSPS) is 11.7. The van der Waals surface area contributed by atoms with Crippen molar-refractivity contribution in [3.05, 3.63) is 35.4 Å². The number of carbonyl (C=O) groups is 2. The van der Waals surface area contributed by atoms with Gasteiger partial charge in [0, 0.05) is 0 Å². The number of rotatable bonds is 11. The summed E-state index contributed by atoms with van der Waals surface area (Å²) in [6.45, 7) is 5.55. The summed E-state index contributed by atoms with van der Waals surface area (Å²) in [5.41, 5.74) is 0.434. The van der Waals surface area contributed by atoms with Gasteiger partial charge in [0.1, 0.15) is 17.2 Å². The molecule has 10 heteroatoms. The van der Waals surface area contributed by atoms with E-state index >= 15 is 0 Å². The van der Waals surface area contributed by atoms with E-state index in [1.165, 1.54) is 21.1 Å². The quantitative estimate of drug-likeness (QED) is 0.377. The fourth-order valence-electron chi connectivity index (χ4n) is 2.77. The van der Waals surface area contributed by atoms with Crippen molar-refractivity contribution in [3.8, 4) is 23.0 Å². The van der Waals surface area contributed by atoms with Crippen molar-refractivity contribution in [2.75, 3.05) is 32.8 Å². The van der Waals surface area contributed by atoms with Gasteiger partial charge in [0.05, 0.1) is 32.5 Å².